The van der Waals surface area contributed by atoms with Crippen molar-refractivity contribution >= 4 is 5.71 Å². The van der Waals surface area contributed by atoms with E-state index in [1.165, 1.54) is 5.56 Å². The monoisotopic (exact) mass is 326 g/mol. The Morgan fingerprint density at radius 2 is 1.58 bits per heavy atom. The van der Waals surface area contributed by atoms with E-state index in [1.807, 2.05) is 12.1 Å². The average molecular weight is 326 g/mol. The fourth-order valence-electron chi connectivity index (χ4n) is 2.86. The quantitative estimate of drug-likeness (QED) is 0.914. The number of ether oxygens (including phenoxy) is 3. The zero-order chi connectivity index (χ0) is 17.1. The van der Waals surface area contributed by atoms with Crippen LogP contribution in [-0.2, 0) is 0 Å². The number of nitrogens with zero attached hydrogens (tertiary/aromatic N) is 1. The summed E-state index contributed by atoms with van der Waals surface area (Å²) in [5.74, 6) is 1.90. The molecule has 0 bridgehead atoms. The number of hydrogen-bond acceptors (Lipinski definition) is 5. The highest BCUT2D eigenvalue weighted by atomic mass is 16.5. The molecule has 0 aliphatic carbocycles. The molecule has 1 aliphatic rings. The van der Waals surface area contributed by atoms with Crippen molar-refractivity contribution in [3.8, 4) is 17.2 Å². The lowest BCUT2D eigenvalue weighted by atomic mass is 9.98. The van der Waals surface area contributed by atoms with Gasteiger partial charge in [0.25, 0.3) is 0 Å². The molecule has 5 nitrogen and oxygen atoms in total. The van der Waals surface area contributed by atoms with Gasteiger partial charge in [-0.15, -0.1) is 0 Å². The summed E-state index contributed by atoms with van der Waals surface area (Å²) in [6, 6.07) is 12.4. The minimum absolute atomic E-state index is 0.0787. The van der Waals surface area contributed by atoms with Crippen LogP contribution in [0.3, 0.4) is 0 Å². The van der Waals surface area contributed by atoms with Crippen LogP contribution in [0.4, 0.5) is 0 Å². The molecule has 0 saturated heterocycles. The van der Waals surface area contributed by atoms with E-state index in [0.717, 1.165) is 23.3 Å². The molecule has 0 spiro atoms. The zero-order valence-corrected chi connectivity index (χ0v) is 14.4. The van der Waals surface area contributed by atoms with Gasteiger partial charge in [0, 0.05) is 6.42 Å². The molecule has 5 heteroatoms. The van der Waals surface area contributed by atoms with E-state index in [9.17, 15) is 0 Å². The van der Waals surface area contributed by atoms with Crippen molar-refractivity contribution in [1.82, 2.24) is 5.43 Å². The van der Waals surface area contributed by atoms with Crippen molar-refractivity contribution in [3.05, 3.63) is 53.1 Å². The molecular weight excluding hydrogens is 304 g/mol. The lowest BCUT2D eigenvalue weighted by molar-refractivity contribution is 0.323. The van der Waals surface area contributed by atoms with E-state index in [0.29, 0.717) is 17.2 Å². The molecule has 1 N–H and O–H groups in total. The Kier molecular flexibility index (Phi) is 4.60. The van der Waals surface area contributed by atoms with Gasteiger partial charge in [-0.1, -0.05) is 29.8 Å². The van der Waals surface area contributed by atoms with E-state index in [4.69, 9.17) is 14.2 Å². The Balaban J connectivity index is 1.85. The van der Waals surface area contributed by atoms with E-state index in [2.05, 4.69) is 41.7 Å². The third-order valence-electron chi connectivity index (χ3n) is 4.23. The molecule has 1 unspecified atom stereocenters. The summed E-state index contributed by atoms with van der Waals surface area (Å²) in [4.78, 5) is 0. The van der Waals surface area contributed by atoms with Gasteiger partial charge < -0.3 is 19.6 Å². The van der Waals surface area contributed by atoms with Crippen LogP contribution >= 0.6 is 0 Å². The molecule has 2 aromatic carbocycles. The molecule has 0 amide bonds. The van der Waals surface area contributed by atoms with E-state index < -0.39 is 0 Å². The van der Waals surface area contributed by atoms with Gasteiger partial charge in [-0.2, -0.15) is 5.10 Å². The van der Waals surface area contributed by atoms with Gasteiger partial charge in [-0.05, 0) is 30.2 Å². The third-order valence-corrected chi connectivity index (χ3v) is 4.23. The maximum absolute atomic E-state index is 5.43. The molecule has 0 fully saturated rings. The lowest BCUT2D eigenvalue weighted by Crippen LogP contribution is -2.11. The van der Waals surface area contributed by atoms with Gasteiger partial charge in [0.05, 0.1) is 33.1 Å². The molecule has 0 saturated carbocycles. The number of hydrazone groups is 1. The van der Waals surface area contributed by atoms with Crippen LogP contribution in [-0.4, -0.2) is 27.0 Å². The van der Waals surface area contributed by atoms with Crippen LogP contribution in [0.15, 0.2) is 41.5 Å². The van der Waals surface area contributed by atoms with Crippen LogP contribution in [0.1, 0.15) is 29.2 Å². The first-order chi connectivity index (χ1) is 11.7. The van der Waals surface area contributed by atoms with Crippen LogP contribution in [0.25, 0.3) is 0 Å². The maximum Gasteiger partial charge on any atom is 0.203 e. The van der Waals surface area contributed by atoms with Gasteiger partial charge in [-0.3, -0.25) is 0 Å². The zero-order valence-electron chi connectivity index (χ0n) is 14.4. The number of aryl methyl sites for hydroxylation is 1. The summed E-state index contributed by atoms with van der Waals surface area (Å²) in [5.41, 5.74) is 7.70. The second-order valence-corrected chi connectivity index (χ2v) is 5.77. The molecular formula is C19H22N2O3. The predicted molar refractivity (Wildman–Crippen MR) is 94.3 cm³/mol. The average Bonchev–Trinajstić information content (AvgIpc) is 3.11. The SMILES string of the molecule is COc1cc(C2CC(c3ccc(C)cc3)=NN2)cc(OC)c1OC. The minimum atomic E-state index is 0.0787. The topological polar surface area (TPSA) is 52.1 Å². The van der Waals surface area contributed by atoms with Crippen LogP contribution < -0.4 is 19.6 Å². The largest absolute Gasteiger partial charge is 0.493 e. The van der Waals surface area contributed by atoms with Crippen molar-refractivity contribution in [1.29, 1.82) is 0 Å². The summed E-state index contributed by atoms with van der Waals surface area (Å²) in [5, 5.41) is 4.50. The summed E-state index contributed by atoms with van der Waals surface area (Å²) in [6.45, 7) is 2.08. The molecule has 24 heavy (non-hydrogen) atoms. The van der Waals surface area contributed by atoms with Gasteiger partial charge in [0.2, 0.25) is 5.75 Å². The molecule has 0 radical (unpaired) electrons. The van der Waals surface area contributed by atoms with Crippen molar-refractivity contribution in [3.63, 3.8) is 0 Å². The van der Waals surface area contributed by atoms with Crippen LogP contribution in [0.2, 0.25) is 0 Å². The van der Waals surface area contributed by atoms with Crippen molar-refractivity contribution < 1.29 is 14.2 Å². The number of benzene rings is 2. The van der Waals surface area contributed by atoms with Crippen LogP contribution in [0, 0.1) is 6.92 Å². The first-order valence-electron chi connectivity index (χ1n) is 7.85. The minimum Gasteiger partial charge on any atom is -0.493 e. The number of methoxy groups -OCH3 is 3. The fraction of sp³-hybridized carbons (Fsp3) is 0.316. The summed E-state index contributed by atoms with van der Waals surface area (Å²) in [6.07, 6.45) is 0.807. The van der Waals surface area contributed by atoms with Crippen molar-refractivity contribution in [2.45, 2.75) is 19.4 Å². The van der Waals surface area contributed by atoms with Crippen molar-refractivity contribution in [2.24, 2.45) is 5.10 Å². The first kappa shape index (κ1) is 16.2. The molecule has 0 aromatic heterocycles. The summed E-state index contributed by atoms with van der Waals surface area (Å²) >= 11 is 0. The normalized spacial score (nSPS) is 16.3. The second kappa shape index (κ2) is 6.83. The Labute approximate surface area is 142 Å². The number of nitrogens with one attached hydrogen (secondary N) is 1. The Hall–Kier alpha value is -2.69. The lowest BCUT2D eigenvalue weighted by Gasteiger charge is -2.17. The van der Waals surface area contributed by atoms with E-state index in [-0.39, 0.29) is 6.04 Å². The number of hydrogen-bond donors (Lipinski definition) is 1. The van der Waals surface area contributed by atoms with Gasteiger partial charge >= 0.3 is 0 Å². The van der Waals surface area contributed by atoms with Crippen molar-refractivity contribution in [2.75, 3.05) is 21.3 Å². The highest BCUT2D eigenvalue weighted by Crippen LogP contribution is 2.40. The molecule has 1 atom stereocenters. The predicted octanol–water partition coefficient (Wildman–Crippen LogP) is 3.46. The van der Waals surface area contributed by atoms with Gasteiger partial charge in [0.15, 0.2) is 11.5 Å². The van der Waals surface area contributed by atoms with Gasteiger partial charge in [0.1, 0.15) is 0 Å². The maximum atomic E-state index is 5.43. The highest BCUT2D eigenvalue weighted by molar-refractivity contribution is 6.01. The highest BCUT2D eigenvalue weighted by Gasteiger charge is 2.24. The Morgan fingerprint density at radius 1 is 0.958 bits per heavy atom. The fourth-order valence-corrected chi connectivity index (χ4v) is 2.86. The third kappa shape index (κ3) is 3.02. The molecule has 3 rings (SSSR count). The standard InChI is InChI=1S/C19H22N2O3/c1-12-5-7-13(8-6-12)15-11-16(21-20-15)14-9-17(22-2)19(24-4)18(10-14)23-3/h5-10,16,21H,11H2,1-4H3. The van der Waals surface area contributed by atoms with E-state index in [1.54, 1.807) is 21.3 Å². The van der Waals surface area contributed by atoms with Crippen LogP contribution in [0.5, 0.6) is 17.2 Å². The number of rotatable bonds is 5. The summed E-state index contributed by atoms with van der Waals surface area (Å²) < 4.78 is 16.2. The molecule has 1 heterocycles. The van der Waals surface area contributed by atoms with Gasteiger partial charge in [-0.25, -0.2) is 0 Å². The Bertz CT molecular complexity index is 729. The summed E-state index contributed by atoms with van der Waals surface area (Å²) in [7, 11) is 4.85. The smallest absolute Gasteiger partial charge is 0.203 e. The molecule has 126 valence electrons. The van der Waals surface area contributed by atoms with E-state index >= 15 is 0 Å². The second-order valence-electron chi connectivity index (χ2n) is 5.77. The molecule has 1 aliphatic heterocycles. The first-order valence-corrected chi connectivity index (χ1v) is 7.85. The Morgan fingerprint density at radius 3 is 2.12 bits per heavy atom. The molecule has 2 aromatic rings.